The lowest BCUT2D eigenvalue weighted by Crippen LogP contribution is -2.48. The zero-order valence-corrected chi connectivity index (χ0v) is 22.1. The maximum absolute atomic E-state index is 13.3. The Labute approximate surface area is 225 Å². The van der Waals surface area contributed by atoms with Gasteiger partial charge in [-0.1, -0.05) is 12.1 Å². The molecule has 1 amide bonds. The number of halogens is 3. The largest absolute Gasteiger partial charge is 0.491 e. The van der Waals surface area contributed by atoms with Crippen LogP contribution in [-0.2, 0) is 18.3 Å². The first-order valence-electron chi connectivity index (χ1n) is 12.9. The van der Waals surface area contributed by atoms with Crippen molar-refractivity contribution >= 4 is 16.8 Å². The number of hydrogen-bond donors (Lipinski definition) is 1. The van der Waals surface area contributed by atoms with Crippen molar-refractivity contribution in [3.63, 3.8) is 0 Å². The van der Waals surface area contributed by atoms with Crippen LogP contribution in [0.3, 0.4) is 0 Å². The fourth-order valence-corrected chi connectivity index (χ4v) is 4.48. The summed E-state index contributed by atoms with van der Waals surface area (Å²) in [6.07, 6.45) is -5.09. The van der Waals surface area contributed by atoms with Gasteiger partial charge in [0, 0.05) is 57.8 Å². The fourth-order valence-electron chi connectivity index (χ4n) is 4.48. The monoisotopic (exact) mass is 549 g/mol. The first kappa shape index (κ1) is 28.7. The number of aliphatic hydroxyl groups excluding tert-OH is 1. The molecule has 0 radical (unpaired) electrons. The standard InChI is InChI=1S/C28H34F3N3O5/c1-3-37-17-22(35)18-38-24-9-6-21-14-26(32(2)25(21)15-24)27(36)34-12-10-33(11-13-34)16-20-4-7-23(8-5-20)39-19-28(29,30)31/h4-9,14-15,22,35H,3,10-13,16-19H2,1-2H3. The number of nitrogens with zero attached hydrogens (tertiary/aromatic N) is 3. The van der Waals surface area contributed by atoms with Crippen LogP contribution in [0.25, 0.3) is 10.9 Å². The molecular weight excluding hydrogens is 515 g/mol. The second-order valence-electron chi connectivity index (χ2n) is 9.55. The van der Waals surface area contributed by atoms with Crippen LogP contribution >= 0.6 is 0 Å². The zero-order chi connectivity index (χ0) is 28.0. The predicted octanol–water partition coefficient (Wildman–Crippen LogP) is 3.85. The molecule has 39 heavy (non-hydrogen) atoms. The summed E-state index contributed by atoms with van der Waals surface area (Å²) >= 11 is 0. The number of hydrogen-bond acceptors (Lipinski definition) is 6. The van der Waals surface area contributed by atoms with Gasteiger partial charge in [-0.2, -0.15) is 13.2 Å². The highest BCUT2D eigenvalue weighted by Crippen LogP contribution is 2.25. The fraction of sp³-hybridized carbons (Fsp3) is 0.464. The van der Waals surface area contributed by atoms with Gasteiger partial charge in [-0.15, -0.1) is 0 Å². The summed E-state index contributed by atoms with van der Waals surface area (Å²) in [7, 11) is 1.85. The summed E-state index contributed by atoms with van der Waals surface area (Å²) in [5.41, 5.74) is 2.41. The van der Waals surface area contributed by atoms with Gasteiger partial charge in [-0.25, -0.2) is 0 Å². The Bertz CT molecular complexity index is 1240. The third kappa shape index (κ3) is 7.87. The van der Waals surface area contributed by atoms with Gasteiger partial charge < -0.3 is 28.8 Å². The molecule has 4 rings (SSSR count). The molecule has 1 N–H and O–H groups in total. The van der Waals surface area contributed by atoms with Gasteiger partial charge in [-0.3, -0.25) is 9.69 Å². The van der Waals surface area contributed by atoms with Gasteiger partial charge in [0.05, 0.1) is 12.1 Å². The van der Waals surface area contributed by atoms with Gasteiger partial charge in [0.25, 0.3) is 5.91 Å². The maximum atomic E-state index is 13.3. The summed E-state index contributed by atoms with van der Waals surface area (Å²) in [5.74, 6) is 0.736. The molecule has 2 heterocycles. The number of carbonyl (C=O) groups excluding carboxylic acids is 1. The van der Waals surface area contributed by atoms with E-state index in [2.05, 4.69) is 4.90 Å². The van der Waals surface area contributed by atoms with E-state index in [9.17, 15) is 23.1 Å². The van der Waals surface area contributed by atoms with E-state index in [-0.39, 0.29) is 24.9 Å². The lowest BCUT2D eigenvalue weighted by atomic mass is 10.2. The van der Waals surface area contributed by atoms with E-state index in [0.29, 0.717) is 50.8 Å². The number of aliphatic hydroxyl groups is 1. The topological polar surface area (TPSA) is 76.4 Å². The number of carbonyl (C=O) groups is 1. The van der Waals surface area contributed by atoms with Crippen LogP contribution in [0.2, 0.25) is 0 Å². The molecule has 1 aromatic heterocycles. The maximum Gasteiger partial charge on any atom is 0.422 e. The highest BCUT2D eigenvalue weighted by atomic mass is 19.4. The summed E-state index contributed by atoms with van der Waals surface area (Å²) in [5, 5.41) is 10.9. The molecule has 0 bridgehead atoms. The van der Waals surface area contributed by atoms with E-state index < -0.39 is 18.9 Å². The third-order valence-corrected chi connectivity index (χ3v) is 6.58. The molecule has 212 valence electrons. The van der Waals surface area contributed by atoms with Crippen molar-refractivity contribution < 1.29 is 37.3 Å². The van der Waals surface area contributed by atoms with Crippen LogP contribution in [-0.4, -0.2) is 90.3 Å². The lowest BCUT2D eigenvalue weighted by Gasteiger charge is -2.34. The number of ether oxygens (including phenoxy) is 3. The molecule has 1 atom stereocenters. The Kier molecular flexibility index (Phi) is 9.36. The van der Waals surface area contributed by atoms with E-state index >= 15 is 0 Å². The van der Waals surface area contributed by atoms with Gasteiger partial charge in [0.1, 0.15) is 29.9 Å². The van der Waals surface area contributed by atoms with Crippen molar-refractivity contribution in [1.29, 1.82) is 0 Å². The normalized spacial score (nSPS) is 15.5. The number of benzene rings is 2. The van der Waals surface area contributed by atoms with Gasteiger partial charge in [0.15, 0.2) is 6.61 Å². The molecule has 0 saturated carbocycles. The molecule has 1 aliphatic heterocycles. The first-order valence-corrected chi connectivity index (χ1v) is 12.9. The third-order valence-electron chi connectivity index (χ3n) is 6.58. The molecule has 3 aromatic rings. The van der Waals surface area contributed by atoms with Crippen LogP contribution in [0.5, 0.6) is 11.5 Å². The first-order chi connectivity index (χ1) is 18.6. The van der Waals surface area contributed by atoms with Crippen LogP contribution in [0.1, 0.15) is 23.0 Å². The molecule has 0 aliphatic carbocycles. The van der Waals surface area contributed by atoms with Gasteiger partial charge in [0.2, 0.25) is 0 Å². The number of aryl methyl sites for hydroxylation is 1. The summed E-state index contributed by atoms with van der Waals surface area (Å²) in [6.45, 7) is 4.54. The molecule has 1 aliphatic rings. The van der Waals surface area contributed by atoms with E-state index in [0.717, 1.165) is 16.5 Å². The number of fused-ring (bicyclic) bond motifs is 1. The molecule has 8 nitrogen and oxygen atoms in total. The average molecular weight is 550 g/mol. The summed E-state index contributed by atoms with van der Waals surface area (Å²) < 4.78 is 54.5. The average Bonchev–Trinajstić information content (AvgIpc) is 3.25. The minimum Gasteiger partial charge on any atom is -0.491 e. The van der Waals surface area contributed by atoms with E-state index in [1.54, 1.807) is 24.3 Å². The summed E-state index contributed by atoms with van der Waals surface area (Å²) in [6, 6.07) is 14.1. The number of aromatic nitrogens is 1. The van der Waals surface area contributed by atoms with Crippen molar-refractivity contribution in [1.82, 2.24) is 14.4 Å². The Morgan fingerprint density at radius 2 is 1.67 bits per heavy atom. The van der Waals surface area contributed by atoms with Crippen LogP contribution in [0.15, 0.2) is 48.5 Å². The Morgan fingerprint density at radius 3 is 2.33 bits per heavy atom. The highest BCUT2D eigenvalue weighted by Gasteiger charge is 2.28. The van der Waals surface area contributed by atoms with Gasteiger partial charge >= 0.3 is 6.18 Å². The molecular formula is C28H34F3N3O5. The minimum absolute atomic E-state index is 0.0471. The predicted molar refractivity (Wildman–Crippen MR) is 140 cm³/mol. The molecule has 11 heteroatoms. The Balaban J connectivity index is 1.30. The molecule has 2 aromatic carbocycles. The Morgan fingerprint density at radius 1 is 0.974 bits per heavy atom. The smallest absolute Gasteiger partial charge is 0.422 e. The quantitative estimate of drug-likeness (QED) is 0.392. The van der Waals surface area contributed by atoms with Crippen molar-refractivity contribution in [2.45, 2.75) is 25.7 Å². The molecule has 1 fully saturated rings. The second kappa shape index (κ2) is 12.7. The highest BCUT2D eigenvalue weighted by molar-refractivity contribution is 5.99. The number of piperazine rings is 1. The Hall–Kier alpha value is -3.28. The molecule has 1 unspecified atom stereocenters. The van der Waals surface area contributed by atoms with E-state index in [1.165, 1.54) is 0 Å². The van der Waals surface area contributed by atoms with E-state index in [1.807, 2.05) is 47.7 Å². The minimum atomic E-state index is -4.37. The number of rotatable bonds is 11. The van der Waals surface area contributed by atoms with E-state index in [4.69, 9.17) is 14.2 Å². The van der Waals surface area contributed by atoms with Crippen molar-refractivity contribution in [3.8, 4) is 11.5 Å². The molecule has 0 spiro atoms. The zero-order valence-electron chi connectivity index (χ0n) is 22.1. The molecule has 1 saturated heterocycles. The van der Waals surface area contributed by atoms with Crippen molar-refractivity contribution in [2.24, 2.45) is 7.05 Å². The van der Waals surface area contributed by atoms with Crippen LogP contribution in [0.4, 0.5) is 13.2 Å². The summed E-state index contributed by atoms with van der Waals surface area (Å²) in [4.78, 5) is 17.4. The SMILES string of the molecule is CCOCC(O)COc1ccc2cc(C(=O)N3CCN(Cc4ccc(OCC(F)(F)F)cc4)CC3)n(C)c2c1. The van der Waals surface area contributed by atoms with Crippen LogP contribution < -0.4 is 9.47 Å². The van der Waals surface area contributed by atoms with Crippen molar-refractivity contribution in [2.75, 3.05) is 52.6 Å². The van der Waals surface area contributed by atoms with Gasteiger partial charge in [-0.05, 0) is 42.8 Å². The number of alkyl halides is 3. The second-order valence-corrected chi connectivity index (χ2v) is 9.55. The number of amides is 1. The van der Waals surface area contributed by atoms with Crippen LogP contribution in [0, 0.1) is 0 Å². The lowest BCUT2D eigenvalue weighted by molar-refractivity contribution is -0.153. The van der Waals surface area contributed by atoms with Crippen molar-refractivity contribution in [3.05, 3.63) is 59.8 Å².